The maximum Gasteiger partial charge on any atom is 0.203 e. The lowest BCUT2D eigenvalue weighted by molar-refractivity contribution is 0.101. The van der Waals surface area contributed by atoms with Crippen LogP contribution in [0.4, 0.5) is 11.5 Å². The van der Waals surface area contributed by atoms with Crippen molar-refractivity contribution in [3.8, 4) is 28.6 Å². The van der Waals surface area contributed by atoms with Gasteiger partial charge in [0, 0.05) is 35.0 Å². The van der Waals surface area contributed by atoms with Gasteiger partial charge in [0.1, 0.15) is 0 Å². The molecule has 2 aromatic heterocycles. The first-order valence-corrected chi connectivity index (χ1v) is 12.5. The monoisotopic (exact) mass is 501 g/mol. The van der Waals surface area contributed by atoms with E-state index >= 15 is 0 Å². The van der Waals surface area contributed by atoms with Gasteiger partial charge < -0.3 is 24.1 Å². The number of rotatable bonds is 8. The minimum Gasteiger partial charge on any atom is -0.493 e. The molecule has 37 heavy (non-hydrogen) atoms. The maximum atomic E-state index is 12.0. The molecule has 1 aliphatic rings. The number of imidazole rings is 1. The summed E-state index contributed by atoms with van der Waals surface area (Å²) in [5.41, 5.74) is 3.51. The van der Waals surface area contributed by atoms with Gasteiger partial charge in [-0.15, -0.1) is 0 Å². The van der Waals surface area contributed by atoms with Crippen molar-refractivity contribution in [1.82, 2.24) is 19.5 Å². The molecule has 1 fully saturated rings. The number of hydrogen-bond acceptors (Lipinski definition) is 8. The Hall–Kier alpha value is -4.14. The third-order valence-corrected chi connectivity index (χ3v) is 6.84. The van der Waals surface area contributed by atoms with Gasteiger partial charge in [0.05, 0.1) is 27.7 Å². The van der Waals surface area contributed by atoms with Crippen molar-refractivity contribution in [3.05, 3.63) is 48.3 Å². The van der Waals surface area contributed by atoms with Gasteiger partial charge in [-0.2, -0.15) is 0 Å². The molecule has 192 valence electrons. The number of ether oxygens (including phenoxy) is 3. The lowest BCUT2D eigenvalue weighted by atomic mass is 9.95. The third-order valence-electron chi connectivity index (χ3n) is 6.84. The zero-order valence-electron chi connectivity index (χ0n) is 21.6. The molecular weight excluding hydrogens is 470 g/mol. The lowest BCUT2D eigenvalue weighted by Crippen LogP contribution is -2.12. The number of aromatic nitrogens is 4. The highest BCUT2D eigenvalue weighted by Gasteiger charge is 2.22. The van der Waals surface area contributed by atoms with E-state index in [1.807, 2.05) is 36.7 Å². The van der Waals surface area contributed by atoms with E-state index in [0.717, 1.165) is 24.1 Å². The van der Waals surface area contributed by atoms with Crippen molar-refractivity contribution in [1.29, 1.82) is 0 Å². The fourth-order valence-electron chi connectivity index (χ4n) is 4.93. The van der Waals surface area contributed by atoms with Crippen LogP contribution in [0.3, 0.4) is 0 Å². The molecule has 0 saturated heterocycles. The highest BCUT2D eigenvalue weighted by Crippen LogP contribution is 2.41. The largest absolute Gasteiger partial charge is 0.493 e. The molecule has 0 radical (unpaired) electrons. The van der Waals surface area contributed by atoms with Crippen LogP contribution in [-0.4, -0.2) is 46.6 Å². The summed E-state index contributed by atoms with van der Waals surface area (Å²) < 4.78 is 18.7. The first-order chi connectivity index (χ1) is 18.0. The first kappa shape index (κ1) is 24.5. The van der Waals surface area contributed by atoms with E-state index in [-0.39, 0.29) is 5.78 Å². The Morgan fingerprint density at radius 3 is 2.35 bits per heavy atom. The smallest absolute Gasteiger partial charge is 0.203 e. The van der Waals surface area contributed by atoms with E-state index in [1.165, 1.54) is 19.3 Å². The van der Waals surface area contributed by atoms with Gasteiger partial charge in [-0.05, 0) is 25.8 Å². The molecular formula is C28H31N5O4. The number of nitrogens with one attached hydrogen (secondary N) is 1. The van der Waals surface area contributed by atoms with E-state index in [0.29, 0.717) is 51.7 Å². The number of ketones is 1. The van der Waals surface area contributed by atoms with Crippen molar-refractivity contribution in [2.24, 2.45) is 0 Å². The number of carbonyl (C=O) groups excluding carboxylic acids is 1. The molecule has 2 aromatic carbocycles. The van der Waals surface area contributed by atoms with Crippen LogP contribution in [0.25, 0.3) is 22.6 Å². The minimum atomic E-state index is -0.00838. The predicted molar refractivity (Wildman–Crippen MR) is 142 cm³/mol. The second-order valence-corrected chi connectivity index (χ2v) is 9.19. The second kappa shape index (κ2) is 10.5. The average molecular weight is 502 g/mol. The Labute approximate surface area is 215 Å². The second-order valence-electron chi connectivity index (χ2n) is 9.19. The fourth-order valence-corrected chi connectivity index (χ4v) is 4.93. The summed E-state index contributed by atoms with van der Waals surface area (Å²) in [6, 6.07) is 11.4. The fraction of sp³-hybridized carbons (Fsp3) is 0.357. The molecule has 0 spiro atoms. The number of hydrogen-bond donors (Lipinski definition) is 1. The highest BCUT2D eigenvalue weighted by molar-refractivity contribution is 5.95. The minimum absolute atomic E-state index is 0.00838. The van der Waals surface area contributed by atoms with Gasteiger partial charge in [-0.1, -0.05) is 37.5 Å². The molecule has 9 heteroatoms. The molecule has 2 heterocycles. The quantitative estimate of drug-likeness (QED) is 0.295. The van der Waals surface area contributed by atoms with E-state index in [1.54, 1.807) is 34.3 Å². The van der Waals surface area contributed by atoms with Crippen molar-refractivity contribution >= 4 is 28.5 Å². The molecule has 0 bridgehead atoms. The van der Waals surface area contributed by atoms with Gasteiger partial charge in [-0.3, -0.25) is 4.79 Å². The number of carbonyl (C=O) groups is 1. The Balaban J connectivity index is 1.66. The van der Waals surface area contributed by atoms with E-state index in [2.05, 4.69) is 9.88 Å². The van der Waals surface area contributed by atoms with Gasteiger partial charge in [0.15, 0.2) is 40.1 Å². The third kappa shape index (κ3) is 4.81. The predicted octanol–water partition coefficient (Wildman–Crippen LogP) is 5.97. The molecule has 1 saturated carbocycles. The first-order valence-electron chi connectivity index (χ1n) is 12.5. The Morgan fingerprint density at radius 2 is 1.70 bits per heavy atom. The van der Waals surface area contributed by atoms with Gasteiger partial charge in [0.25, 0.3) is 0 Å². The molecule has 0 amide bonds. The maximum absolute atomic E-state index is 12.0. The van der Waals surface area contributed by atoms with Crippen LogP contribution in [0.2, 0.25) is 0 Å². The topological polar surface area (TPSA) is 100 Å². The van der Waals surface area contributed by atoms with Crippen LogP contribution < -0.4 is 19.5 Å². The normalized spacial score (nSPS) is 13.9. The molecule has 0 unspecified atom stereocenters. The van der Waals surface area contributed by atoms with Crippen molar-refractivity contribution in [3.63, 3.8) is 0 Å². The molecule has 1 N–H and O–H groups in total. The van der Waals surface area contributed by atoms with E-state index in [9.17, 15) is 4.79 Å². The van der Waals surface area contributed by atoms with E-state index < -0.39 is 0 Å². The number of anilines is 2. The van der Waals surface area contributed by atoms with Crippen LogP contribution >= 0.6 is 0 Å². The van der Waals surface area contributed by atoms with Gasteiger partial charge in [-0.25, -0.2) is 15.0 Å². The summed E-state index contributed by atoms with van der Waals surface area (Å²) >= 11 is 0. The summed E-state index contributed by atoms with van der Waals surface area (Å²) in [5.74, 6) is 2.62. The van der Waals surface area contributed by atoms with Gasteiger partial charge >= 0.3 is 0 Å². The number of nitrogens with zero attached hydrogens (tertiary/aromatic N) is 4. The molecule has 0 atom stereocenters. The van der Waals surface area contributed by atoms with E-state index in [4.69, 9.17) is 29.2 Å². The lowest BCUT2D eigenvalue weighted by Gasteiger charge is -2.23. The van der Waals surface area contributed by atoms with Gasteiger partial charge in [0.2, 0.25) is 5.75 Å². The SMILES string of the molecule is COc1cc(Nc2nc(-c3cccc(C(C)=O)c3)nc3c2ncn3C2CCCCC2)cc(OC)c1OC. The van der Waals surface area contributed by atoms with Crippen LogP contribution in [0.15, 0.2) is 42.7 Å². The summed E-state index contributed by atoms with van der Waals surface area (Å²) in [7, 11) is 4.73. The Bertz CT molecular complexity index is 1420. The zero-order valence-corrected chi connectivity index (χ0v) is 21.6. The summed E-state index contributed by atoms with van der Waals surface area (Å²) in [4.78, 5) is 26.6. The molecule has 9 nitrogen and oxygen atoms in total. The highest BCUT2D eigenvalue weighted by atomic mass is 16.5. The van der Waals surface area contributed by atoms with Crippen LogP contribution in [0.1, 0.15) is 55.4 Å². The van der Waals surface area contributed by atoms with Crippen molar-refractivity contribution in [2.75, 3.05) is 26.6 Å². The molecule has 5 rings (SSSR count). The van der Waals surface area contributed by atoms with Crippen molar-refractivity contribution in [2.45, 2.75) is 45.1 Å². The standard InChI is InChI=1S/C28H31N5O4/c1-17(34)18-9-8-10-19(13-18)26-31-27(30-20-14-22(35-2)25(37-4)23(15-20)36-3)24-28(32-26)33(16-29-24)21-11-6-5-7-12-21/h8-10,13-16,21H,5-7,11-12H2,1-4H3,(H,30,31,32). The summed E-state index contributed by atoms with van der Waals surface area (Å²) in [5, 5.41) is 3.40. The van der Waals surface area contributed by atoms with Crippen molar-refractivity contribution < 1.29 is 19.0 Å². The Morgan fingerprint density at radius 1 is 0.973 bits per heavy atom. The Kier molecular flexibility index (Phi) is 6.94. The molecule has 1 aliphatic carbocycles. The molecule has 0 aliphatic heterocycles. The molecule has 4 aromatic rings. The summed E-state index contributed by atoms with van der Waals surface area (Å²) in [6.07, 6.45) is 7.71. The number of methoxy groups -OCH3 is 3. The number of benzene rings is 2. The number of fused-ring (bicyclic) bond motifs is 1. The average Bonchev–Trinajstić information content (AvgIpc) is 3.37. The summed E-state index contributed by atoms with van der Waals surface area (Å²) in [6.45, 7) is 1.55. The van der Waals surface area contributed by atoms with Crippen LogP contribution in [-0.2, 0) is 0 Å². The van der Waals surface area contributed by atoms with Crippen LogP contribution in [0.5, 0.6) is 17.2 Å². The van der Waals surface area contributed by atoms with Crippen LogP contribution in [0, 0.1) is 0 Å². The zero-order chi connectivity index (χ0) is 25.9. The number of Topliss-reactive ketones (excluding diaryl/α,β-unsaturated/α-hetero) is 1.